The number of hydrogen-bond acceptors (Lipinski definition) is 4. The first-order valence-corrected chi connectivity index (χ1v) is 10.3. The van der Waals surface area contributed by atoms with Crippen molar-refractivity contribution in [1.29, 1.82) is 0 Å². The lowest BCUT2D eigenvalue weighted by Gasteiger charge is -2.20. The number of benzene rings is 2. The van der Waals surface area contributed by atoms with Crippen LogP contribution in [0.15, 0.2) is 70.6 Å². The van der Waals surface area contributed by atoms with Gasteiger partial charge < -0.3 is 15.0 Å². The Labute approximate surface area is 186 Å². The van der Waals surface area contributed by atoms with Gasteiger partial charge in [0.2, 0.25) is 0 Å². The van der Waals surface area contributed by atoms with Crippen molar-refractivity contribution in [3.8, 4) is 0 Å². The smallest absolute Gasteiger partial charge is 0.256 e. The van der Waals surface area contributed by atoms with E-state index in [0.29, 0.717) is 47.5 Å². The Morgan fingerprint density at radius 1 is 1.00 bits per heavy atom. The lowest BCUT2D eigenvalue weighted by Crippen LogP contribution is -2.29. The summed E-state index contributed by atoms with van der Waals surface area (Å²) >= 11 is 0. The number of carbonyl (C=O) groups is 2. The van der Waals surface area contributed by atoms with E-state index in [2.05, 4.69) is 10.3 Å². The molecule has 6 nitrogen and oxygen atoms in total. The van der Waals surface area contributed by atoms with Gasteiger partial charge in [0.05, 0.1) is 12.8 Å². The van der Waals surface area contributed by atoms with E-state index >= 15 is 0 Å². The minimum Gasteiger partial charge on any atom is -0.501 e. The van der Waals surface area contributed by atoms with E-state index in [9.17, 15) is 14.0 Å². The first-order valence-electron chi connectivity index (χ1n) is 10.3. The number of ether oxygens (including phenoxy) is 1. The van der Waals surface area contributed by atoms with Crippen LogP contribution >= 0.6 is 0 Å². The van der Waals surface area contributed by atoms with Crippen molar-refractivity contribution in [3.05, 3.63) is 88.1 Å². The van der Waals surface area contributed by atoms with Gasteiger partial charge in [-0.05, 0) is 42.3 Å². The molecule has 0 atom stereocenters. The number of rotatable bonds is 4. The van der Waals surface area contributed by atoms with Gasteiger partial charge in [0, 0.05) is 49.2 Å². The molecular weight excluding hydrogens is 409 g/mol. The highest BCUT2D eigenvalue weighted by Gasteiger charge is 2.30. The zero-order valence-corrected chi connectivity index (χ0v) is 18.2. The lowest BCUT2D eigenvalue weighted by atomic mass is 9.89. The lowest BCUT2D eigenvalue weighted by molar-refractivity contribution is 0.0826. The second kappa shape index (κ2) is 8.78. The Hall–Kier alpha value is -3.74. The summed E-state index contributed by atoms with van der Waals surface area (Å²) in [4.78, 5) is 30.9. The quantitative estimate of drug-likeness (QED) is 0.787. The molecule has 164 valence electrons. The molecule has 2 aromatic carbocycles. The largest absolute Gasteiger partial charge is 0.501 e. The third kappa shape index (κ3) is 4.06. The second-order valence-corrected chi connectivity index (χ2v) is 7.88. The number of allylic oxidation sites excluding steroid dienone is 3. The number of halogens is 1. The van der Waals surface area contributed by atoms with Crippen LogP contribution in [0.25, 0.3) is 5.57 Å². The molecular formula is C25H24FN3O3. The number of fused-ring (bicyclic) bond motifs is 1. The molecule has 0 unspecified atom stereocenters. The summed E-state index contributed by atoms with van der Waals surface area (Å²) in [5.74, 6) is 0.542. The molecule has 1 aliphatic carbocycles. The first kappa shape index (κ1) is 21.5. The van der Waals surface area contributed by atoms with Crippen LogP contribution in [0.2, 0.25) is 0 Å². The molecule has 1 aliphatic heterocycles. The van der Waals surface area contributed by atoms with E-state index in [-0.39, 0.29) is 17.6 Å². The fourth-order valence-corrected chi connectivity index (χ4v) is 3.97. The van der Waals surface area contributed by atoms with Gasteiger partial charge in [-0.3, -0.25) is 9.59 Å². The summed E-state index contributed by atoms with van der Waals surface area (Å²) in [5, 5.41) is 2.85. The highest BCUT2D eigenvalue weighted by atomic mass is 19.1. The van der Waals surface area contributed by atoms with Gasteiger partial charge in [-0.2, -0.15) is 0 Å². The Kier molecular flexibility index (Phi) is 5.90. The molecule has 4 rings (SSSR count). The third-order valence-corrected chi connectivity index (χ3v) is 5.60. The van der Waals surface area contributed by atoms with E-state index < -0.39 is 0 Å². The molecule has 0 radical (unpaired) electrons. The normalized spacial score (nSPS) is 15.3. The van der Waals surface area contributed by atoms with Gasteiger partial charge in [-0.1, -0.05) is 18.2 Å². The fourth-order valence-electron chi connectivity index (χ4n) is 3.97. The van der Waals surface area contributed by atoms with Crippen LogP contribution < -0.4 is 5.32 Å². The predicted molar refractivity (Wildman–Crippen MR) is 121 cm³/mol. The average molecular weight is 433 g/mol. The van der Waals surface area contributed by atoms with E-state index in [4.69, 9.17) is 4.74 Å². The van der Waals surface area contributed by atoms with E-state index in [0.717, 1.165) is 16.9 Å². The Bertz CT molecular complexity index is 1180. The molecule has 2 aromatic rings. The molecule has 2 aliphatic rings. The molecule has 1 N–H and O–H groups in total. The maximum absolute atomic E-state index is 14.5. The van der Waals surface area contributed by atoms with Crippen LogP contribution in [-0.2, 0) is 4.74 Å². The van der Waals surface area contributed by atoms with Crippen LogP contribution in [0, 0.1) is 5.82 Å². The zero-order chi connectivity index (χ0) is 22.8. The van der Waals surface area contributed by atoms with Crippen molar-refractivity contribution < 1.29 is 18.7 Å². The molecule has 2 amide bonds. The number of nitrogens with zero attached hydrogens (tertiary/aromatic N) is 2. The number of hydrogen-bond donors (Lipinski definition) is 1. The summed E-state index contributed by atoms with van der Waals surface area (Å²) < 4.78 is 20.0. The van der Waals surface area contributed by atoms with E-state index in [1.807, 2.05) is 0 Å². The Morgan fingerprint density at radius 3 is 2.34 bits per heavy atom. The molecule has 0 bridgehead atoms. The van der Waals surface area contributed by atoms with Gasteiger partial charge in [0.1, 0.15) is 17.4 Å². The summed E-state index contributed by atoms with van der Waals surface area (Å²) in [6.45, 7) is 0. The summed E-state index contributed by atoms with van der Waals surface area (Å²) in [7, 11) is 4.96. The molecule has 32 heavy (non-hydrogen) atoms. The van der Waals surface area contributed by atoms with Crippen LogP contribution in [0.1, 0.15) is 45.5 Å². The number of nitrogens with one attached hydrogen (secondary N) is 1. The van der Waals surface area contributed by atoms with Crippen molar-refractivity contribution in [2.75, 3.05) is 21.2 Å². The van der Waals surface area contributed by atoms with Crippen LogP contribution in [0.5, 0.6) is 0 Å². The van der Waals surface area contributed by atoms with Crippen molar-refractivity contribution in [3.63, 3.8) is 0 Å². The maximum Gasteiger partial charge on any atom is 0.256 e. The fraction of sp³-hybridized carbons (Fsp3) is 0.240. The van der Waals surface area contributed by atoms with Crippen LogP contribution in [0.4, 0.5) is 4.39 Å². The summed E-state index contributed by atoms with van der Waals surface area (Å²) in [5.41, 5.74) is 3.80. The predicted octanol–water partition coefficient (Wildman–Crippen LogP) is 4.17. The summed E-state index contributed by atoms with van der Waals surface area (Å²) in [6, 6.07) is 13.1. The van der Waals surface area contributed by atoms with Gasteiger partial charge in [0.25, 0.3) is 11.8 Å². The highest BCUT2D eigenvalue weighted by molar-refractivity contribution is 6.09. The highest BCUT2D eigenvalue weighted by Crippen LogP contribution is 2.42. The molecule has 0 saturated heterocycles. The number of amides is 2. The third-order valence-electron chi connectivity index (χ3n) is 5.60. The van der Waals surface area contributed by atoms with E-state index in [1.54, 1.807) is 63.7 Å². The topological polar surface area (TPSA) is 71.0 Å². The van der Waals surface area contributed by atoms with Gasteiger partial charge >= 0.3 is 0 Å². The van der Waals surface area contributed by atoms with Crippen molar-refractivity contribution in [1.82, 2.24) is 10.2 Å². The van der Waals surface area contributed by atoms with Gasteiger partial charge in [0.15, 0.2) is 0 Å². The van der Waals surface area contributed by atoms with Crippen LogP contribution in [-0.4, -0.2) is 43.8 Å². The Balaban J connectivity index is 1.61. The maximum atomic E-state index is 14.5. The monoisotopic (exact) mass is 433 g/mol. The Morgan fingerprint density at radius 2 is 1.69 bits per heavy atom. The van der Waals surface area contributed by atoms with Crippen molar-refractivity contribution in [2.24, 2.45) is 4.99 Å². The minimum absolute atomic E-state index is 0.132. The molecule has 7 heteroatoms. The molecule has 0 aromatic heterocycles. The number of carbonyl (C=O) groups excluding carboxylic acids is 2. The van der Waals surface area contributed by atoms with Gasteiger partial charge in [-0.25, -0.2) is 9.38 Å². The number of aliphatic imine (C=N–C) groups is 1. The average Bonchev–Trinajstić information content (AvgIpc) is 3.22. The minimum atomic E-state index is -0.321. The molecule has 0 fully saturated rings. The zero-order valence-electron chi connectivity index (χ0n) is 18.2. The van der Waals surface area contributed by atoms with Crippen molar-refractivity contribution >= 4 is 23.2 Å². The molecule has 0 spiro atoms. The summed E-state index contributed by atoms with van der Waals surface area (Å²) in [6.07, 6.45) is 1.66. The molecule has 0 saturated carbocycles. The van der Waals surface area contributed by atoms with E-state index in [1.165, 1.54) is 11.0 Å². The first-order chi connectivity index (χ1) is 15.4. The van der Waals surface area contributed by atoms with Crippen LogP contribution in [0.3, 0.4) is 0 Å². The standard InChI is InChI=1S/C25H24FN3O3/c1-29(2)25(31)16-10-8-15(9-11-16)24(30)28-22-14-19-21(32-3)13-12-18(23(19)27-22)17-6-4-5-7-20(17)26/h4-11H,12-14H2,1-3H3,(H,27,28,30). The second-order valence-electron chi connectivity index (χ2n) is 7.88. The SMILES string of the molecule is COC1=C2CC(NC(=O)c3ccc(C(=O)N(C)C)cc3)=NC2=C(c2ccccc2F)CC1. The number of amidine groups is 1. The molecule has 1 heterocycles. The van der Waals surface area contributed by atoms with Crippen molar-refractivity contribution in [2.45, 2.75) is 19.3 Å². The van der Waals surface area contributed by atoms with Gasteiger partial charge in [-0.15, -0.1) is 0 Å². The number of methoxy groups -OCH3 is 1.